The molecule has 0 aliphatic carbocycles. The highest BCUT2D eigenvalue weighted by Gasteiger charge is 2.28. The zero-order chi connectivity index (χ0) is 44.3. The Labute approximate surface area is 371 Å². The number of amides is 1. The Kier molecular flexibility index (Phi) is 41.6. The molecule has 8 nitrogen and oxygen atoms in total. The number of phosphoric acid groups is 1. The maximum Gasteiger partial charge on any atom is 0.472 e. The standard InChI is InChI=1S/C51H97N2O6P/c1-6-8-10-12-14-16-18-19-20-21-22-23-24-25-26-27-28-29-30-31-32-33-35-37-39-41-43-45-51(55)52-49(48-59-60(56,57)58-47-46-53(3,4)5)50(54)44-42-40-38-36-34-17-15-13-11-9-7-2/h8,10,14,16,19-20,22-23,49-50,54H,6-7,9,11-13,15,17-18,21,24-48H2,1-5H3,(H-,52,55,56,57)/p+1/b10-8-,16-14-,20-19-,23-22-. The fourth-order valence-electron chi connectivity index (χ4n) is 7.16. The van der Waals surface area contributed by atoms with Crippen molar-refractivity contribution in [1.82, 2.24) is 5.32 Å². The zero-order valence-electron chi connectivity index (χ0n) is 39.9. The van der Waals surface area contributed by atoms with Gasteiger partial charge in [-0.3, -0.25) is 13.8 Å². The SMILES string of the molecule is CC/C=C\C/C=C\C/C=C\C/C=C\CCCCCCCCCCCCCCCCC(=O)NC(COP(=O)(O)OCC[N+](C)(C)C)C(O)CCCCCCCCCCCCC. The number of nitrogens with one attached hydrogen (secondary N) is 1. The van der Waals surface area contributed by atoms with Crippen molar-refractivity contribution in [2.45, 2.75) is 231 Å². The number of unbranched alkanes of at least 4 members (excludes halogenated alkanes) is 24. The van der Waals surface area contributed by atoms with Gasteiger partial charge in [0, 0.05) is 6.42 Å². The van der Waals surface area contributed by atoms with Gasteiger partial charge >= 0.3 is 7.82 Å². The Morgan fingerprint density at radius 1 is 0.583 bits per heavy atom. The fraction of sp³-hybridized carbons (Fsp3) is 0.824. The van der Waals surface area contributed by atoms with E-state index < -0.39 is 20.0 Å². The topological polar surface area (TPSA) is 105 Å². The molecule has 0 aromatic rings. The second-order valence-electron chi connectivity index (χ2n) is 18.2. The molecular formula is C51H98N2O6P+. The fourth-order valence-corrected chi connectivity index (χ4v) is 7.89. The molecule has 3 unspecified atom stereocenters. The lowest BCUT2D eigenvalue weighted by molar-refractivity contribution is -0.870. The van der Waals surface area contributed by atoms with E-state index >= 15 is 0 Å². The van der Waals surface area contributed by atoms with Crippen molar-refractivity contribution in [3.8, 4) is 0 Å². The van der Waals surface area contributed by atoms with Crippen molar-refractivity contribution in [1.29, 1.82) is 0 Å². The van der Waals surface area contributed by atoms with Crippen LogP contribution >= 0.6 is 7.82 Å². The molecule has 0 heterocycles. The van der Waals surface area contributed by atoms with Gasteiger partial charge in [0.1, 0.15) is 13.2 Å². The number of nitrogens with zero attached hydrogens (tertiary/aromatic N) is 1. The zero-order valence-corrected chi connectivity index (χ0v) is 40.8. The minimum Gasteiger partial charge on any atom is -0.391 e. The first-order valence-corrected chi connectivity index (χ1v) is 26.5. The highest BCUT2D eigenvalue weighted by molar-refractivity contribution is 7.47. The van der Waals surface area contributed by atoms with Gasteiger partial charge in [-0.15, -0.1) is 0 Å². The summed E-state index contributed by atoms with van der Waals surface area (Å²) >= 11 is 0. The quantitative estimate of drug-likeness (QED) is 0.0244. The molecule has 3 atom stereocenters. The minimum atomic E-state index is -4.31. The Morgan fingerprint density at radius 2 is 1.00 bits per heavy atom. The number of carbonyl (C=O) groups excluding carboxylic acids is 1. The van der Waals surface area contributed by atoms with Crippen molar-refractivity contribution in [3.63, 3.8) is 0 Å². The molecule has 1 amide bonds. The Hall–Kier alpha value is -1.54. The molecule has 0 aromatic heterocycles. The maximum absolute atomic E-state index is 12.9. The summed E-state index contributed by atoms with van der Waals surface area (Å²) < 4.78 is 23.6. The number of phosphoric ester groups is 1. The maximum atomic E-state index is 12.9. The van der Waals surface area contributed by atoms with Gasteiger partial charge in [-0.2, -0.15) is 0 Å². The number of aliphatic hydroxyl groups excluding tert-OH is 1. The lowest BCUT2D eigenvalue weighted by atomic mass is 10.0. The smallest absolute Gasteiger partial charge is 0.391 e. The van der Waals surface area contributed by atoms with Crippen LogP contribution in [0, 0.1) is 0 Å². The largest absolute Gasteiger partial charge is 0.472 e. The lowest BCUT2D eigenvalue weighted by Crippen LogP contribution is -2.46. The summed E-state index contributed by atoms with van der Waals surface area (Å²) in [5.74, 6) is -0.147. The van der Waals surface area contributed by atoms with E-state index in [4.69, 9.17) is 9.05 Å². The number of allylic oxidation sites excluding steroid dienone is 8. The van der Waals surface area contributed by atoms with E-state index in [2.05, 4.69) is 67.8 Å². The van der Waals surface area contributed by atoms with Gasteiger partial charge in [0.15, 0.2) is 0 Å². The normalized spacial score (nSPS) is 14.6. The van der Waals surface area contributed by atoms with Crippen LogP contribution in [0.4, 0.5) is 0 Å². The van der Waals surface area contributed by atoms with Crippen LogP contribution in [0.5, 0.6) is 0 Å². The molecule has 0 saturated heterocycles. The number of likely N-dealkylation sites (N-methyl/N-ethyl adjacent to an activating group) is 1. The highest BCUT2D eigenvalue weighted by atomic mass is 31.2. The molecule has 0 fully saturated rings. The summed E-state index contributed by atoms with van der Waals surface area (Å²) in [4.78, 5) is 23.2. The van der Waals surface area contributed by atoms with Crippen molar-refractivity contribution < 1.29 is 32.9 Å². The number of rotatable bonds is 45. The Balaban J connectivity index is 4.11. The van der Waals surface area contributed by atoms with Crippen LogP contribution < -0.4 is 5.32 Å². The number of aliphatic hydroxyl groups is 1. The molecule has 0 aliphatic heterocycles. The molecule has 3 N–H and O–H groups in total. The molecule has 0 saturated carbocycles. The van der Waals surface area contributed by atoms with E-state index in [0.717, 1.165) is 64.2 Å². The first-order chi connectivity index (χ1) is 29.0. The second-order valence-corrected chi connectivity index (χ2v) is 19.6. The third kappa shape index (κ3) is 44.5. The van der Waals surface area contributed by atoms with Gasteiger partial charge in [0.2, 0.25) is 5.91 Å². The van der Waals surface area contributed by atoms with Crippen molar-refractivity contribution in [2.75, 3.05) is 40.9 Å². The van der Waals surface area contributed by atoms with Crippen LogP contribution in [0.25, 0.3) is 0 Å². The Morgan fingerprint density at radius 3 is 1.47 bits per heavy atom. The number of quaternary nitrogens is 1. The number of hydrogen-bond acceptors (Lipinski definition) is 5. The van der Waals surface area contributed by atoms with E-state index in [1.54, 1.807) is 0 Å². The van der Waals surface area contributed by atoms with Crippen LogP contribution in [0.3, 0.4) is 0 Å². The summed E-state index contributed by atoms with van der Waals surface area (Å²) in [5.41, 5.74) is 0. The Bertz CT molecular complexity index is 1120. The van der Waals surface area contributed by atoms with Gasteiger partial charge in [-0.25, -0.2) is 4.57 Å². The molecule has 60 heavy (non-hydrogen) atoms. The summed E-state index contributed by atoms with van der Waals surface area (Å²) in [7, 11) is 1.61. The summed E-state index contributed by atoms with van der Waals surface area (Å²) in [6, 6.07) is -0.760. The van der Waals surface area contributed by atoms with E-state index in [-0.39, 0.29) is 19.1 Å². The summed E-state index contributed by atoms with van der Waals surface area (Å²) in [6.07, 6.45) is 54.4. The first kappa shape index (κ1) is 58.5. The van der Waals surface area contributed by atoms with Gasteiger partial charge in [-0.05, 0) is 51.4 Å². The van der Waals surface area contributed by atoms with Crippen LogP contribution in [0.15, 0.2) is 48.6 Å². The van der Waals surface area contributed by atoms with Crippen molar-refractivity contribution in [3.05, 3.63) is 48.6 Å². The van der Waals surface area contributed by atoms with Crippen LogP contribution in [0.2, 0.25) is 0 Å². The van der Waals surface area contributed by atoms with Crippen LogP contribution in [-0.2, 0) is 18.4 Å². The summed E-state index contributed by atoms with van der Waals surface area (Å²) in [5, 5.41) is 14.0. The van der Waals surface area contributed by atoms with Gasteiger partial charge < -0.3 is 19.8 Å². The molecule has 0 rings (SSSR count). The number of hydrogen-bond donors (Lipinski definition) is 3. The lowest BCUT2D eigenvalue weighted by Gasteiger charge is -2.26. The average molecular weight is 866 g/mol. The van der Waals surface area contributed by atoms with E-state index in [1.807, 2.05) is 21.1 Å². The van der Waals surface area contributed by atoms with E-state index in [1.165, 1.54) is 128 Å². The predicted octanol–water partition coefficient (Wildman–Crippen LogP) is 14.4. The second kappa shape index (κ2) is 42.7. The van der Waals surface area contributed by atoms with Gasteiger partial charge in [0.05, 0.1) is 39.9 Å². The predicted molar refractivity (Wildman–Crippen MR) is 258 cm³/mol. The molecule has 0 spiro atoms. The molecule has 0 aliphatic rings. The van der Waals surface area contributed by atoms with Crippen molar-refractivity contribution >= 4 is 13.7 Å². The highest BCUT2D eigenvalue weighted by Crippen LogP contribution is 2.43. The minimum absolute atomic E-state index is 0.0740. The third-order valence-corrected chi connectivity index (χ3v) is 12.1. The molecule has 352 valence electrons. The van der Waals surface area contributed by atoms with Crippen LogP contribution in [-0.4, -0.2) is 73.4 Å². The molecule has 0 aromatic carbocycles. The van der Waals surface area contributed by atoms with Gasteiger partial charge in [0.25, 0.3) is 0 Å². The third-order valence-electron chi connectivity index (χ3n) is 11.1. The van der Waals surface area contributed by atoms with Crippen LogP contribution in [0.1, 0.15) is 219 Å². The van der Waals surface area contributed by atoms with E-state index in [9.17, 15) is 19.4 Å². The van der Waals surface area contributed by atoms with Crippen molar-refractivity contribution in [2.24, 2.45) is 0 Å². The molecule has 0 bridgehead atoms. The van der Waals surface area contributed by atoms with Gasteiger partial charge in [-0.1, -0.05) is 210 Å². The average Bonchev–Trinajstić information content (AvgIpc) is 3.20. The molecule has 9 heteroatoms. The molecule has 0 radical (unpaired) electrons. The molecular weight excluding hydrogens is 768 g/mol. The monoisotopic (exact) mass is 866 g/mol. The van der Waals surface area contributed by atoms with E-state index in [0.29, 0.717) is 23.9 Å². The number of carbonyl (C=O) groups is 1. The first-order valence-electron chi connectivity index (χ1n) is 25.0. The summed E-state index contributed by atoms with van der Waals surface area (Å²) in [6.45, 7) is 4.77.